The molecular weight excluding hydrogens is 568 g/mol. The zero-order valence-corrected chi connectivity index (χ0v) is 23.9. The minimum atomic E-state index is -2.74. The van der Waals surface area contributed by atoms with Gasteiger partial charge in [-0.25, -0.2) is 9.78 Å². The number of halogens is 1. The van der Waals surface area contributed by atoms with Crippen molar-refractivity contribution in [1.29, 1.82) is 0 Å². The van der Waals surface area contributed by atoms with E-state index in [4.69, 9.17) is 36.8 Å². The molecule has 0 saturated carbocycles. The van der Waals surface area contributed by atoms with Crippen molar-refractivity contribution in [3.8, 4) is 5.75 Å². The van der Waals surface area contributed by atoms with Gasteiger partial charge in [-0.15, -0.1) is 11.3 Å². The molecule has 0 aliphatic heterocycles. The van der Waals surface area contributed by atoms with E-state index in [0.29, 0.717) is 11.6 Å². The lowest BCUT2D eigenvalue weighted by molar-refractivity contribution is -0.170. The van der Waals surface area contributed by atoms with Crippen LogP contribution in [-0.2, 0) is 20.1 Å². The molecule has 4 N–H and O–H groups in total. The van der Waals surface area contributed by atoms with Gasteiger partial charge in [-0.05, 0) is 42.9 Å². The fraction of sp³-hybridized carbons (Fsp3) is 0.385. The Kier molecular flexibility index (Phi) is 13.0. The van der Waals surface area contributed by atoms with Crippen molar-refractivity contribution in [2.24, 2.45) is 0 Å². The summed E-state index contributed by atoms with van der Waals surface area (Å²) in [5, 5.41) is 34.5. The van der Waals surface area contributed by atoms with E-state index < -0.39 is 36.4 Å². The highest BCUT2D eigenvalue weighted by molar-refractivity contribution is 8.00. The van der Waals surface area contributed by atoms with Crippen LogP contribution in [0, 0.1) is 0 Å². The molecule has 0 aliphatic carbocycles. The molecule has 0 aliphatic rings. The van der Waals surface area contributed by atoms with Gasteiger partial charge in [0.1, 0.15) is 12.4 Å². The highest BCUT2D eigenvalue weighted by atomic mass is 35.5. The number of carboxylic acids is 3. The first-order chi connectivity index (χ1) is 18.5. The predicted octanol–water partition coefficient (Wildman–Crippen LogP) is 4.71. The number of hydrogen-bond donors (Lipinski definition) is 4. The van der Waals surface area contributed by atoms with Crippen molar-refractivity contribution in [1.82, 2.24) is 9.88 Å². The second kappa shape index (κ2) is 15.6. The van der Waals surface area contributed by atoms with Crippen molar-refractivity contribution in [3.63, 3.8) is 0 Å². The van der Waals surface area contributed by atoms with Crippen LogP contribution in [0.2, 0.25) is 5.02 Å². The minimum Gasteiger partial charge on any atom is -0.491 e. The number of likely N-dealkylation sites (N-methyl/N-ethyl adjacent to an activating group) is 1. The molecule has 0 fully saturated rings. The number of thiazole rings is 1. The van der Waals surface area contributed by atoms with Crippen LogP contribution < -0.4 is 4.74 Å². The van der Waals surface area contributed by atoms with Crippen molar-refractivity contribution in [3.05, 3.63) is 53.1 Å². The molecule has 3 rings (SSSR count). The number of aromatic nitrogens is 1. The van der Waals surface area contributed by atoms with E-state index in [0.717, 1.165) is 41.0 Å². The van der Waals surface area contributed by atoms with Gasteiger partial charge in [-0.2, -0.15) is 0 Å². The van der Waals surface area contributed by atoms with Gasteiger partial charge >= 0.3 is 17.9 Å². The Labute approximate surface area is 239 Å². The maximum atomic E-state index is 10.3. The third-order valence-electron chi connectivity index (χ3n) is 5.48. The lowest BCUT2D eigenvalue weighted by Crippen LogP contribution is -2.42. The van der Waals surface area contributed by atoms with Crippen LogP contribution >= 0.6 is 34.7 Å². The number of para-hydroxylation sites is 1. The largest absolute Gasteiger partial charge is 0.491 e. The molecule has 0 spiro atoms. The number of rotatable bonds is 14. The standard InChI is InChI=1S/C20H23ClN2OS2.C6H8O7/c1-3-23(4-2)11-12-24-18-10-9-15(13-16(18)21)14-25-20-22-17-7-5-6-8-19(17)26-20;7-3(8)1-6(13,5(11)12)2-4(9)10/h5-10,13H,3-4,11-12,14H2,1-2H3;13H,1-2H2,(H,7,8)(H,9,10)(H,11,12). The van der Waals surface area contributed by atoms with E-state index in [-0.39, 0.29) is 0 Å². The third kappa shape index (κ3) is 10.6. The van der Waals surface area contributed by atoms with E-state index >= 15 is 0 Å². The molecule has 39 heavy (non-hydrogen) atoms. The van der Waals surface area contributed by atoms with Gasteiger partial charge in [-0.1, -0.05) is 55.4 Å². The van der Waals surface area contributed by atoms with E-state index in [1.807, 2.05) is 24.3 Å². The first-order valence-corrected chi connectivity index (χ1v) is 14.2. The summed E-state index contributed by atoms with van der Waals surface area (Å²) in [4.78, 5) is 37.5. The molecule has 13 heteroatoms. The Bertz CT molecular complexity index is 1220. The van der Waals surface area contributed by atoms with E-state index in [9.17, 15) is 14.4 Å². The zero-order chi connectivity index (χ0) is 29.0. The lowest BCUT2D eigenvalue weighted by Gasteiger charge is -2.18. The number of hydrogen-bond acceptors (Lipinski definition) is 9. The summed E-state index contributed by atoms with van der Waals surface area (Å²) in [6.45, 7) is 7.97. The molecule has 0 radical (unpaired) electrons. The smallest absolute Gasteiger partial charge is 0.336 e. The number of aliphatic hydroxyl groups is 1. The predicted molar refractivity (Wildman–Crippen MR) is 151 cm³/mol. The lowest BCUT2D eigenvalue weighted by atomic mass is 9.96. The Morgan fingerprint density at radius 2 is 1.69 bits per heavy atom. The average molecular weight is 599 g/mol. The molecule has 0 amide bonds. The molecule has 0 saturated heterocycles. The molecule has 1 heterocycles. The number of carbonyl (C=O) groups is 3. The molecule has 2 aromatic carbocycles. The van der Waals surface area contributed by atoms with Gasteiger partial charge in [0, 0.05) is 12.3 Å². The Hall–Kier alpha value is -2.90. The van der Waals surface area contributed by atoms with Crippen LogP contribution in [0.15, 0.2) is 46.8 Å². The highest BCUT2D eigenvalue weighted by Crippen LogP contribution is 2.33. The number of fused-ring (bicyclic) bond motifs is 1. The molecule has 0 unspecified atom stereocenters. The highest BCUT2D eigenvalue weighted by Gasteiger charge is 2.40. The van der Waals surface area contributed by atoms with Crippen LogP contribution in [-0.4, -0.2) is 80.1 Å². The second-order valence-electron chi connectivity index (χ2n) is 8.35. The summed E-state index contributed by atoms with van der Waals surface area (Å²) in [5.41, 5.74) is -0.497. The van der Waals surface area contributed by atoms with Gasteiger partial charge in [0.25, 0.3) is 0 Å². The van der Waals surface area contributed by atoms with E-state index in [2.05, 4.69) is 41.9 Å². The summed E-state index contributed by atoms with van der Waals surface area (Å²) < 4.78 is 8.15. The van der Waals surface area contributed by atoms with Crippen LogP contribution in [0.5, 0.6) is 5.75 Å². The van der Waals surface area contributed by atoms with Crippen LogP contribution in [0.1, 0.15) is 32.3 Å². The number of ether oxygens (including phenoxy) is 1. The minimum absolute atomic E-state index is 0.654. The molecule has 212 valence electrons. The quantitative estimate of drug-likeness (QED) is 0.190. The van der Waals surface area contributed by atoms with Gasteiger partial charge in [-0.3, -0.25) is 9.59 Å². The average Bonchev–Trinajstić information content (AvgIpc) is 3.29. The van der Waals surface area contributed by atoms with Gasteiger partial charge in [0.15, 0.2) is 9.94 Å². The first-order valence-electron chi connectivity index (χ1n) is 12.0. The number of carboxylic acid groups (broad SMARTS) is 3. The maximum absolute atomic E-state index is 10.3. The number of aliphatic carboxylic acids is 3. The zero-order valence-electron chi connectivity index (χ0n) is 21.5. The van der Waals surface area contributed by atoms with Crippen LogP contribution in [0.25, 0.3) is 10.2 Å². The monoisotopic (exact) mass is 598 g/mol. The molecular formula is C26H31ClN2O8S2. The van der Waals surface area contributed by atoms with Gasteiger partial charge in [0.2, 0.25) is 0 Å². The second-order valence-corrected chi connectivity index (χ2v) is 11.0. The fourth-order valence-corrected chi connectivity index (χ4v) is 5.62. The Morgan fingerprint density at radius 1 is 1.05 bits per heavy atom. The Morgan fingerprint density at radius 3 is 2.23 bits per heavy atom. The SMILES string of the molecule is CCN(CC)CCOc1ccc(CSc2nc3ccccc3s2)cc1Cl.O=C(O)CC(O)(CC(=O)O)C(=O)O. The molecule has 10 nitrogen and oxygen atoms in total. The number of nitrogens with zero attached hydrogens (tertiary/aromatic N) is 2. The fourth-order valence-electron chi connectivity index (χ4n) is 3.35. The van der Waals surface area contributed by atoms with Crippen molar-refractivity contribution in [2.75, 3.05) is 26.2 Å². The van der Waals surface area contributed by atoms with Crippen molar-refractivity contribution >= 4 is 62.8 Å². The summed E-state index contributed by atoms with van der Waals surface area (Å²) in [7, 11) is 0. The van der Waals surface area contributed by atoms with Crippen LogP contribution in [0.3, 0.4) is 0 Å². The van der Waals surface area contributed by atoms with Crippen molar-refractivity contribution in [2.45, 2.75) is 42.4 Å². The first kappa shape index (κ1) is 32.3. The summed E-state index contributed by atoms with van der Waals surface area (Å²) >= 11 is 9.87. The molecule has 0 bridgehead atoms. The summed E-state index contributed by atoms with van der Waals surface area (Å²) in [6, 6.07) is 14.3. The normalized spacial score (nSPS) is 11.2. The van der Waals surface area contributed by atoms with Crippen molar-refractivity contribution < 1.29 is 39.5 Å². The number of thioether (sulfide) groups is 1. The maximum Gasteiger partial charge on any atom is 0.336 e. The topological polar surface area (TPSA) is 157 Å². The summed E-state index contributed by atoms with van der Waals surface area (Å²) in [5.74, 6) is -3.42. The van der Waals surface area contributed by atoms with E-state index in [1.54, 1.807) is 23.1 Å². The van der Waals surface area contributed by atoms with Gasteiger partial charge in [0.05, 0.1) is 28.1 Å². The number of benzene rings is 2. The molecule has 1 aromatic heterocycles. The van der Waals surface area contributed by atoms with Crippen LogP contribution in [0.4, 0.5) is 0 Å². The van der Waals surface area contributed by atoms with E-state index in [1.165, 1.54) is 10.3 Å². The molecule has 3 aromatic rings. The molecule has 0 atom stereocenters. The Balaban J connectivity index is 0.000000349. The van der Waals surface area contributed by atoms with Gasteiger partial charge < -0.3 is 30.1 Å². The summed E-state index contributed by atoms with van der Waals surface area (Å²) in [6.07, 6.45) is -2.29. The third-order valence-corrected chi connectivity index (χ3v) is 8.02.